The second-order valence-electron chi connectivity index (χ2n) is 6.57. The number of carbonyl (C=O) groups excluding carboxylic acids is 3. The lowest BCUT2D eigenvalue weighted by Crippen LogP contribution is -2.43. The standard InChI is InChI=1S/C19H16ClN5O3/c1-11-6-8-12(9-7-11)25-18(27)16-17(19(25)28)24(23-22-16)10-15(26)21-14-5-3-2-4-13(14)20/h2-9,16-17H,10H2,1H3,(H,21,26)/t16-,17+/m0/s1. The SMILES string of the molecule is Cc1ccc(N2C(=O)[C@H]3N=NN(CC(=O)Nc4ccccc4Cl)[C@H]3C2=O)cc1. The number of nitrogens with one attached hydrogen (secondary N) is 1. The van der Waals surface area contributed by atoms with Gasteiger partial charge in [0.2, 0.25) is 5.91 Å². The first-order valence-electron chi connectivity index (χ1n) is 8.62. The molecule has 0 spiro atoms. The van der Waals surface area contributed by atoms with Gasteiger partial charge >= 0.3 is 0 Å². The number of aryl methyl sites for hydroxylation is 1. The topological polar surface area (TPSA) is 94.4 Å². The predicted molar refractivity (Wildman–Crippen MR) is 103 cm³/mol. The maximum absolute atomic E-state index is 12.9. The van der Waals surface area contributed by atoms with Crippen LogP contribution >= 0.6 is 11.6 Å². The van der Waals surface area contributed by atoms with Gasteiger partial charge in [0.15, 0.2) is 12.1 Å². The molecule has 1 N–H and O–H groups in total. The van der Waals surface area contributed by atoms with Crippen molar-refractivity contribution in [2.75, 3.05) is 16.8 Å². The Balaban J connectivity index is 1.49. The summed E-state index contributed by atoms with van der Waals surface area (Å²) in [6, 6.07) is 12.0. The summed E-state index contributed by atoms with van der Waals surface area (Å²) in [4.78, 5) is 39.0. The first kappa shape index (κ1) is 18.1. The van der Waals surface area contributed by atoms with Crippen LogP contribution in [0.2, 0.25) is 5.02 Å². The number of carbonyl (C=O) groups is 3. The quantitative estimate of drug-likeness (QED) is 0.802. The third kappa shape index (κ3) is 3.11. The predicted octanol–water partition coefficient (Wildman–Crippen LogP) is 2.58. The van der Waals surface area contributed by atoms with Gasteiger partial charge in [-0.05, 0) is 31.2 Å². The van der Waals surface area contributed by atoms with Crippen molar-refractivity contribution in [3.05, 3.63) is 59.1 Å². The van der Waals surface area contributed by atoms with Gasteiger partial charge < -0.3 is 5.32 Å². The molecule has 0 aliphatic carbocycles. The van der Waals surface area contributed by atoms with E-state index >= 15 is 0 Å². The van der Waals surface area contributed by atoms with Crippen LogP contribution in [0.25, 0.3) is 0 Å². The highest BCUT2D eigenvalue weighted by atomic mass is 35.5. The number of para-hydroxylation sites is 1. The highest BCUT2D eigenvalue weighted by molar-refractivity contribution is 6.33. The molecular formula is C19H16ClN5O3. The van der Waals surface area contributed by atoms with Crippen LogP contribution in [0, 0.1) is 6.92 Å². The molecule has 28 heavy (non-hydrogen) atoms. The molecule has 3 amide bonds. The third-order valence-corrected chi connectivity index (χ3v) is 4.93. The normalized spacial score (nSPS) is 20.6. The van der Waals surface area contributed by atoms with Gasteiger partial charge in [-0.15, -0.1) is 0 Å². The van der Waals surface area contributed by atoms with Gasteiger partial charge in [0.1, 0.15) is 6.54 Å². The average molecular weight is 398 g/mol. The highest BCUT2D eigenvalue weighted by Gasteiger charge is 2.55. The van der Waals surface area contributed by atoms with Gasteiger partial charge in [0.05, 0.1) is 16.4 Å². The lowest BCUT2D eigenvalue weighted by molar-refractivity contribution is -0.123. The Morgan fingerprint density at radius 2 is 1.82 bits per heavy atom. The molecule has 9 heteroatoms. The summed E-state index contributed by atoms with van der Waals surface area (Å²) in [5.74, 6) is -1.31. The minimum Gasteiger partial charge on any atom is -0.323 e. The Hall–Kier alpha value is -3.26. The first-order chi connectivity index (χ1) is 13.5. The molecule has 2 aromatic carbocycles. The Morgan fingerprint density at radius 3 is 2.54 bits per heavy atom. The lowest BCUT2D eigenvalue weighted by Gasteiger charge is -2.20. The van der Waals surface area contributed by atoms with Crippen molar-refractivity contribution in [1.82, 2.24) is 5.01 Å². The first-order valence-corrected chi connectivity index (χ1v) is 9.00. The Bertz CT molecular complexity index is 991. The molecule has 142 valence electrons. The third-order valence-electron chi connectivity index (χ3n) is 4.60. The zero-order valence-electron chi connectivity index (χ0n) is 14.9. The van der Waals surface area contributed by atoms with Crippen LogP contribution in [0.15, 0.2) is 58.9 Å². The summed E-state index contributed by atoms with van der Waals surface area (Å²) in [7, 11) is 0. The van der Waals surface area contributed by atoms with Crippen molar-refractivity contribution < 1.29 is 14.4 Å². The summed E-state index contributed by atoms with van der Waals surface area (Å²) < 4.78 is 0. The van der Waals surface area contributed by atoms with E-state index in [4.69, 9.17) is 11.6 Å². The summed E-state index contributed by atoms with van der Waals surface area (Å²) in [6.45, 7) is 1.69. The van der Waals surface area contributed by atoms with E-state index < -0.39 is 29.8 Å². The summed E-state index contributed by atoms with van der Waals surface area (Å²) in [5.41, 5.74) is 1.95. The van der Waals surface area contributed by atoms with Gasteiger partial charge in [-0.3, -0.25) is 19.4 Å². The number of imide groups is 1. The van der Waals surface area contributed by atoms with Crippen molar-refractivity contribution in [3.63, 3.8) is 0 Å². The maximum Gasteiger partial charge on any atom is 0.263 e. The molecule has 0 radical (unpaired) electrons. The average Bonchev–Trinajstić information content (AvgIpc) is 3.18. The molecule has 0 bridgehead atoms. The van der Waals surface area contributed by atoms with Crippen LogP contribution in [0.1, 0.15) is 5.56 Å². The van der Waals surface area contributed by atoms with Crippen LogP contribution < -0.4 is 10.2 Å². The Labute approximate surface area is 165 Å². The molecule has 1 fully saturated rings. The maximum atomic E-state index is 12.9. The number of rotatable bonds is 4. The smallest absolute Gasteiger partial charge is 0.263 e. The number of amides is 3. The molecule has 0 unspecified atom stereocenters. The molecule has 2 atom stereocenters. The van der Waals surface area contributed by atoms with Crippen molar-refractivity contribution >= 4 is 40.7 Å². The molecule has 2 aromatic rings. The van der Waals surface area contributed by atoms with Gasteiger partial charge in [-0.2, -0.15) is 5.11 Å². The van der Waals surface area contributed by atoms with Crippen molar-refractivity contribution in [1.29, 1.82) is 0 Å². The molecule has 0 saturated carbocycles. The molecule has 2 aliphatic heterocycles. The van der Waals surface area contributed by atoms with E-state index in [1.54, 1.807) is 36.4 Å². The second kappa shape index (κ2) is 7.05. The van der Waals surface area contributed by atoms with Gasteiger partial charge in [0.25, 0.3) is 11.8 Å². The van der Waals surface area contributed by atoms with Crippen LogP contribution in [0.5, 0.6) is 0 Å². The number of nitrogens with zero attached hydrogens (tertiary/aromatic N) is 4. The molecular weight excluding hydrogens is 382 g/mol. The van der Waals surface area contributed by atoms with E-state index in [2.05, 4.69) is 15.7 Å². The van der Waals surface area contributed by atoms with Gasteiger partial charge in [-0.25, -0.2) is 4.90 Å². The van der Waals surface area contributed by atoms with Crippen LogP contribution in [0.4, 0.5) is 11.4 Å². The molecule has 8 nitrogen and oxygen atoms in total. The van der Waals surface area contributed by atoms with E-state index in [9.17, 15) is 14.4 Å². The van der Waals surface area contributed by atoms with E-state index in [-0.39, 0.29) is 6.54 Å². The zero-order valence-corrected chi connectivity index (χ0v) is 15.6. The Morgan fingerprint density at radius 1 is 1.11 bits per heavy atom. The number of fused-ring (bicyclic) bond motifs is 1. The fraction of sp³-hybridized carbons (Fsp3) is 0.211. The molecule has 2 aliphatic rings. The monoisotopic (exact) mass is 397 g/mol. The second-order valence-corrected chi connectivity index (χ2v) is 6.97. The number of benzene rings is 2. The minimum absolute atomic E-state index is 0.226. The zero-order chi connectivity index (χ0) is 19.8. The van der Waals surface area contributed by atoms with Crippen molar-refractivity contribution in [2.24, 2.45) is 10.3 Å². The highest BCUT2D eigenvalue weighted by Crippen LogP contribution is 2.32. The fourth-order valence-electron chi connectivity index (χ4n) is 3.20. The number of hydrogen-bond acceptors (Lipinski definition) is 6. The van der Waals surface area contributed by atoms with E-state index in [0.29, 0.717) is 16.4 Å². The van der Waals surface area contributed by atoms with E-state index in [1.165, 1.54) is 5.01 Å². The Kier molecular flexibility index (Phi) is 4.56. The van der Waals surface area contributed by atoms with Crippen LogP contribution in [-0.4, -0.2) is 41.4 Å². The van der Waals surface area contributed by atoms with E-state index in [1.807, 2.05) is 19.1 Å². The molecule has 0 aromatic heterocycles. The molecule has 2 heterocycles. The molecule has 4 rings (SSSR count). The van der Waals surface area contributed by atoms with Crippen molar-refractivity contribution in [2.45, 2.75) is 19.0 Å². The fourth-order valence-corrected chi connectivity index (χ4v) is 3.38. The summed E-state index contributed by atoms with van der Waals surface area (Å²) in [5, 5.41) is 12.1. The number of anilines is 2. The number of hydrogen-bond donors (Lipinski definition) is 1. The summed E-state index contributed by atoms with van der Waals surface area (Å²) >= 11 is 6.04. The van der Waals surface area contributed by atoms with Crippen LogP contribution in [0.3, 0.4) is 0 Å². The lowest BCUT2D eigenvalue weighted by atomic mass is 10.1. The molecule has 1 saturated heterocycles. The van der Waals surface area contributed by atoms with Crippen LogP contribution in [-0.2, 0) is 14.4 Å². The number of halogens is 1. The minimum atomic E-state index is -0.943. The van der Waals surface area contributed by atoms with Gasteiger partial charge in [-0.1, -0.05) is 46.7 Å². The van der Waals surface area contributed by atoms with E-state index in [0.717, 1.165) is 10.5 Å². The van der Waals surface area contributed by atoms with Gasteiger partial charge in [0, 0.05) is 0 Å². The summed E-state index contributed by atoms with van der Waals surface area (Å²) in [6.07, 6.45) is 0. The largest absolute Gasteiger partial charge is 0.323 e. The van der Waals surface area contributed by atoms with Crippen molar-refractivity contribution in [3.8, 4) is 0 Å².